The number of carbonyl (C=O) groups excluding carboxylic acids is 2. The lowest BCUT2D eigenvalue weighted by molar-refractivity contribution is -0.125. The fraction of sp³-hybridized carbons (Fsp3) is 0.258. The molecule has 38 heavy (non-hydrogen) atoms. The smallest absolute Gasteiger partial charge is 0.324 e. The Morgan fingerprint density at radius 2 is 1.71 bits per heavy atom. The molecule has 0 radical (unpaired) electrons. The van der Waals surface area contributed by atoms with Crippen molar-refractivity contribution in [3.63, 3.8) is 0 Å². The summed E-state index contributed by atoms with van der Waals surface area (Å²) >= 11 is 0. The van der Waals surface area contributed by atoms with Gasteiger partial charge in [-0.15, -0.1) is 0 Å². The molecule has 3 unspecified atom stereocenters. The number of nitrogens with zero attached hydrogens (tertiary/aromatic N) is 3. The van der Waals surface area contributed by atoms with Crippen LogP contribution >= 0.6 is 0 Å². The maximum atomic E-state index is 12.7. The van der Waals surface area contributed by atoms with Gasteiger partial charge in [0.05, 0.1) is 29.9 Å². The van der Waals surface area contributed by atoms with E-state index in [-0.39, 0.29) is 18.0 Å². The third-order valence-corrected chi connectivity index (χ3v) is 8.59. The zero-order valence-electron chi connectivity index (χ0n) is 21.1. The molecule has 1 fully saturated rings. The molecule has 1 spiro atoms. The molecular weight excluding hydrogens is 476 g/mol. The van der Waals surface area contributed by atoms with Gasteiger partial charge in [0.2, 0.25) is 0 Å². The van der Waals surface area contributed by atoms with E-state index in [1.807, 2.05) is 48.5 Å². The number of likely N-dealkylation sites (N-methyl/N-ethyl adjacent to an activating group) is 1. The van der Waals surface area contributed by atoms with Crippen molar-refractivity contribution in [1.82, 2.24) is 15.2 Å². The second-order valence-corrected chi connectivity index (χ2v) is 10.7. The fourth-order valence-electron chi connectivity index (χ4n) is 6.46. The number of aliphatic hydroxyl groups is 1. The number of benzene rings is 3. The summed E-state index contributed by atoms with van der Waals surface area (Å²) in [6, 6.07) is 26.0. The van der Waals surface area contributed by atoms with Crippen LogP contribution in [0.3, 0.4) is 0 Å². The molecule has 1 aromatic heterocycles. The number of anilines is 1. The molecular formula is C31H28N4O3. The van der Waals surface area contributed by atoms with Crippen molar-refractivity contribution in [2.24, 2.45) is 0 Å². The van der Waals surface area contributed by atoms with E-state index in [0.29, 0.717) is 19.4 Å². The highest BCUT2D eigenvalue weighted by atomic mass is 16.3. The molecule has 2 aliphatic heterocycles. The molecule has 0 saturated carbocycles. The third kappa shape index (κ3) is 3.42. The molecule has 3 aliphatic rings. The number of amides is 3. The molecule has 3 amide bonds. The number of nitrogens with one attached hydrogen (secondary N) is 1. The number of hydrogen-bond donors (Lipinski definition) is 2. The van der Waals surface area contributed by atoms with Crippen LogP contribution in [0.4, 0.5) is 10.5 Å². The number of fused-ring (bicyclic) bond motifs is 3. The summed E-state index contributed by atoms with van der Waals surface area (Å²) in [6.45, 7) is 0.572. The molecule has 0 bridgehead atoms. The first kappa shape index (κ1) is 22.9. The minimum atomic E-state index is -0.848. The first-order valence-electron chi connectivity index (χ1n) is 13.0. The lowest BCUT2D eigenvalue weighted by Crippen LogP contribution is -2.48. The van der Waals surface area contributed by atoms with Crippen molar-refractivity contribution in [2.45, 2.75) is 43.5 Å². The SMILES string of the molecule is CN1C(=O)NC(=O)C12Cc1cc3ccc(CN4c5ccccc5CC4C(O)c4ccccc4)nc3cc1C2. The van der Waals surface area contributed by atoms with Crippen LogP contribution in [0.25, 0.3) is 10.9 Å². The Kier molecular flexibility index (Phi) is 5.07. The Hall–Kier alpha value is -4.23. The molecule has 2 N–H and O–H groups in total. The van der Waals surface area contributed by atoms with Crippen molar-refractivity contribution >= 4 is 28.5 Å². The summed E-state index contributed by atoms with van der Waals surface area (Å²) in [7, 11) is 1.69. The predicted octanol–water partition coefficient (Wildman–Crippen LogP) is 3.92. The van der Waals surface area contributed by atoms with Gasteiger partial charge < -0.3 is 14.9 Å². The van der Waals surface area contributed by atoms with Gasteiger partial charge in [-0.3, -0.25) is 15.1 Å². The Morgan fingerprint density at radius 3 is 2.47 bits per heavy atom. The van der Waals surface area contributed by atoms with Gasteiger partial charge in [-0.2, -0.15) is 0 Å². The van der Waals surface area contributed by atoms with Crippen molar-refractivity contribution in [2.75, 3.05) is 11.9 Å². The van der Waals surface area contributed by atoms with Crippen molar-refractivity contribution in [3.8, 4) is 0 Å². The summed E-state index contributed by atoms with van der Waals surface area (Å²) in [5.74, 6) is -0.227. The van der Waals surface area contributed by atoms with Gasteiger partial charge in [0.15, 0.2) is 0 Å². The highest BCUT2D eigenvalue weighted by Crippen LogP contribution is 2.40. The van der Waals surface area contributed by atoms with Crippen LogP contribution in [0.1, 0.15) is 34.1 Å². The molecule has 3 heterocycles. The molecule has 7 rings (SSSR count). The largest absolute Gasteiger partial charge is 0.386 e. The van der Waals surface area contributed by atoms with Gasteiger partial charge in [0.1, 0.15) is 5.54 Å². The maximum absolute atomic E-state index is 12.7. The van der Waals surface area contributed by atoms with E-state index in [9.17, 15) is 14.7 Å². The Bertz CT molecular complexity index is 1600. The summed E-state index contributed by atoms with van der Waals surface area (Å²) in [4.78, 5) is 33.7. The lowest BCUT2D eigenvalue weighted by Gasteiger charge is -2.31. The Balaban J connectivity index is 1.21. The number of pyridine rings is 1. The first-order chi connectivity index (χ1) is 18.4. The lowest BCUT2D eigenvalue weighted by atomic mass is 9.95. The van der Waals surface area contributed by atoms with Crippen molar-refractivity contribution < 1.29 is 14.7 Å². The quantitative estimate of drug-likeness (QED) is 0.412. The van der Waals surface area contributed by atoms with Crippen LogP contribution in [-0.4, -0.2) is 45.6 Å². The molecule has 1 aliphatic carbocycles. The van der Waals surface area contributed by atoms with E-state index < -0.39 is 11.6 Å². The van der Waals surface area contributed by atoms with Crippen LogP contribution in [0.2, 0.25) is 0 Å². The van der Waals surface area contributed by atoms with Gasteiger partial charge in [-0.25, -0.2) is 4.79 Å². The van der Waals surface area contributed by atoms with Crippen LogP contribution in [-0.2, 0) is 30.6 Å². The van der Waals surface area contributed by atoms with E-state index in [4.69, 9.17) is 4.98 Å². The molecule has 4 aromatic rings. The summed E-state index contributed by atoms with van der Waals surface area (Å²) < 4.78 is 0. The average Bonchev–Trinajstić information content (AvgIpc) is 3.56. The number of imide groups is 1. The summed E-state index contributed by atoms with van der Waals surface area (Å²) in [5.41, 5.74) is 6.35. The van der Waals surface area contributed by atoms with Crippen LogP contribution < -0.4 is 10.2 Å². The van der Waals surface area contributed by atoms with Gasteiger partial charge in [0.25, 0.3) is 5.91 Å². The zero-order chi connectivity index (χ0) is 26.0. The van der Waals surface area contributed by atoms with Crippen molar-refractivity contribution in [3.05, 3.63) is 107 Å². The second kappa shape index (κ2) is 8.39. The normalized spacial score (nSPS) is 22.7. The number of hydrogen-bond acceptors (Lipinski definition) is 5. The first-order valence-corrected chi connectivity index (χ1v) is 13.0. The molecule has 3 aromatic carbocycles. The topological polar surface area (TPSA) is 85.8 Å². The average molecular weight is 505 g/mol. The monoisotopic (exact) mass is 504 g/mol. The number of aliphatic hydroxyl groups excluding tert-OH is 1. The van der Waals surface area contributed by atoms with Crippen LogP contribution in [0, 0.1) is 0 Å². The molecule has 190 valence electrons. The highest BCUT2D eigenvalue weighted by molar-refractivity contribution is 6.07. The van der Waals surface area contributed by atoms with Crippen molar-refractivity contribution in [1.29, 1.82) is 0 Å². The maximum Gasteiger partial charge on any atom is 0.324 e. The van der Waals surface area contributed by atoms with E-state index in [0.717, 1.165) is 45.4 Å². The highest BCUT2D eigenvalue weighted by Gasteiger charge is 2.54. The van der Waals surface area contributed by atoms with Crippen LogP contribution in [0.5, 0.6) is 0 Å². The van der Waals surface area contributed by atoms with E-state index in [2.05, 4.69) is 40.5 Å². The minimum Gasteiger partial charge on any atom is -0.386 e. The Labute approximate surface area is 220 Å². The molecule has 7 heteroatoms. The number of rotatable bonds is 4. The fourth-order valence-corrected chi connectivity index (χ4v) is 6.46. The number of aromatic nitrogens is 1. The standard InChI is InChI=1S/C31H28N4O3/c1-34-30(38)33-29(37)31(34)16-22-13-20-11-12-24(32-25(20)14-23(22)17-31)18-35-26-10-6-5-9-21(26)15-27(35)28(36)19-7-3-2-4-8-19/h2-14,27-28,36H,15-18H2,1H3,(H,33,37,38). The second-order valence-electron chi connectivity index (χ2n) is 10.7. The van der Waals surface area contributed by atoms with Gasteiger partial charge >= 0.3 is 6.03 Å². The van der Waals surface area contributed by atoms with Gasteiger partial charge in [-0.05, 0) is 52.9 Å². The number of urea groups is 1. The predicted molar refractivity (Wildman–Crippen MR) is 145 cm³/mol. The molecule has 1 saturated heterocycles. The third-order valence-electron chi connectivity index (χ3n) is 8.59. The zero-order valence-corrected chi connectivity index (χ0v) is 21.1. The van der Waals surface area contributed by atoms with E-state index in [1.54, 1.807) is 11.9 Å². The van der Waals surface area contributed by atoms with E-state index in [1.165, 1.54) is 5.56 Å². The van der Waals surface area contributed by atoms with Gasteiger partial charge in [-0.1, -0.05) is 54.6 Å². The van der Waals surface area contributed by atoms with E-state index >= 15 is 0 Å². The summed E-state index contributed by atoms with van der Waals surface area (Å²) in [6.07, 6.45) is 1.14. The number of para-hydroxylation sites is 1. The van der Waals surface area contributed by atoms with Crippen LogP contribution in [0.15, 0.2) is 78.9 Å². The number of carbonyl (C=O) groups is 2. The summed E-state index contributed by atoms with van der Waals surface area (Å²) in [5, 5.41) is 14.8. The minimum absolute atomic E-state index is 0.0962. The molecule has 7 nitrogen and oxygen atoms in total. The van der Waals surface area contributed by atoms with Gasteiger partial charge in [0, 0.05) is 31.0 Å². The Morgan fingerprint density at radius 1 is 0.974 bits per heavy atom. The molecule has 3 atom stereocenters.